The van der Waals surface area contributed by atoms with Crippen molar-refractivity contribution in [2.75, 3.05) is 0 Å². The van der Waals surface area contributed by atoms with Gasteiger partial charge in [0, 0.05) is 15.7 Å². The Morgan fingerprint density at radius 2 is 1.95 bits per heavy atom. The predicted molar refractivity (Wildman–Crippen MR) is 83.5 cm³/mol. The maximum atomic E-state index is 11.2. The van der Waals surface area contributed by atoms with E-state index in [9.17, 15) is 9.90 Å². The van der Waals surface area contributed by atoms with Gasteiger partial charge in [0.15, 0.2) is 0 Å². The maximum Gasteiger partial charge on any atom is 0.310 e. The molecule has 0 amide bonds. The number of thioether (sulfide) groups is 1. The van der Waals surface area contributed by atoms with Gasteiger partial charge in [-0.15, -0.1) is 11.8 Å². The van der Waals surface area contributed by atoms with Crippen molar-refractivity contribution in [3.05, 3.63) is 64.7 Å². The second kappa shape index (κ2) is 6.82. The predicted octanol–water partition coefficient (Wildman–Crippen LogP) is 4.82. The molecular formula is C16H15ClO2S. The summed E-state index contributed by atoms with van der Waals surface area (Å²) < 4.78 is 0. The highest BCUT2D eigenvalue weighted by atomic mass is 35.5. The summed E-state index contributed by atoms with van der Waals surface area (Å²) >= 11 is 7.61. The number of aliphatic carboxylic acids is 1. The lowest BCUT2D eigenvalue weighted by atomic mass is 10.0. The van der Waals surface area contributed by atoms with Crippen LogP contribution in [0.1, 0.15) is 24.0 Å². The first-order valence-electron chi connectivity index (χ1n) is 6.27. The molecule has 2 rings (SSSR count). The van der Waals surface area contributed by atoms with Crippen LogP contribution in [0.5, 0.6) is 0 Å². The molecule has 0 aliphatic rings. The summed E-state index contributed by atoms with van der Waals surface area (Å²) in [7, 11) is 0. The molecule has 2 nitrogen and oxygen atoms in total. The first-order chi connectivity index (χ1) is 9.58. The number of benzene rings is 2. The summed E-state index contributed by atoms with van der Waals surface area (Å²) in [6.45, 7) is 1.68. The fourth-order valence-electron chi connectivity index (χ4n) is 1.86. The Kier molecular flexibility index (Phi) is 5.10. The first kappa shape index (κ1) is 14.9. The van der Waals surface area contributed by atoms with Crippen molar-refractivity contribution in [3.63, 3.8) is 0 Å². The summed E-state index contributed by atoms with van der Waals surface area (Å²) in [6, 6.07) is 15.5. The lowest BCUT2D eigenvalue weighted by molar-refractivity contribution is -0.138. The van der Waals surface area contributed by atoms with E-state index in [2.05, 4.69) is 12.1 Å². The van der Waals surface area contributed by atoms with Crippen LogP contribution in [-0.4, -0.2) is 11.1 Å². The van der Waals surface area contributed by atoms with E-state index < -0.39 is 11.9 Å². The van der Waals surface area contributed by atoms with E-state index in [1.807, 2.05) is 24.3 Å². The number of carbonyl (C=O) groups is 1. The van der Waals surface area contributed by atoms with E-state index in [0.29, 0.717) is 5.02 Å². The minimum atomic E-state index is -0.839. The highest BCUT2D eigenvalue weighted by Crippen LogP contribution is 2.33. The fourth-order valence-corrected chi connectivity index (χ4v) is 3.12. The van der Waals surface area contributed by atoms with Gasteiger partial charge in [0.25, 0.3) is 0 Å². The lowest BCUT2D eigenvalue weighted by Crippen LogP contribution is -2.08. The number of halogens is 1. The zero-order chi connectivity index (χ0) is 14.5. The van der Waals surface area contributed by atoms with E-state index in [1.165, 1.54) is 5.56 Å². The molecule has 0 saturated carbocycles. The van der Waals surface area contributed by atoms with Crippen LogP contribution in [0.4, 0.5) is 0 Å². The van der Waals surface area contributed by atoms with Crippen LogP contribution < -0.4 is 0 Å². The molecule has 2 aromatic carbocycles. The van der Waals surface area contributed by atoms with Crippen molar-refractivity contribution in [3.8, 4) is 0 Å². The first-order valence-corrected chi connectivity index (χ1v) is 7.63. The smallest absolute Gasteiger partial charge is 0.310 e. The Bertz CT molecular complexity index is 599. The third-order valence-corrected chi connectivity index (χ3v) is 4.44. The molecule has 0 aliphatic carbocycles. The molecule has 20 heavy (non-hydrogen) atoms. The Hall–Kier alpha value is -1.45. The largest absolute Gasteiger partial charge is 0.481 e. The standard InChI is InChI=1S/C16H15ClO2S/c1-11(16(18)19)14-9-13(17)7-8-15(14)20-10-12-5-3-2-4-6-12/h2-9,11H,10H2,1H3,(H,18,19). The number of hydrogen-bond acceptors (Lipinski definition) is 2. The average Bonchev–Trinajstić information content (AvgIpc) is 2.46. The number of carboxylic acid groups (broad SMARTS) is 1. The molecular weight excluding hydrogens is 292 g/mol. The second-order valence-corrected chi connectivity index (χ2v) is 5.97. The molecule has 0 aromatic heterocycles. The van der Waals surface area contributed by atoms with Crippen LogP contribution >= 0.6 is 23.4 Å². The monoisotopic (exact) mass is 306 g/mol. The molecule has 0 aliphatic heterocycles. The molecule has 104 valence electrons. The minimum absolute atomic E-state index is 0.563. The zero-order valence-electron chi connectivity index (χ0n) is 11.0. The van der Waals surface area contributed by atoms with Crippen molar-refractivity contribution in [1.82, 2.24) is 0 Å². The fraction of sp³-hybridized carbons (Fsp3) is 0.188. The van der Waals surface area contributed by atoms with E-state index in [1.54, 1.807) is 30.8 Å². The summed E-state index contributed by atoms with van der Waals surface area (Å²) in [5.74, 6) is -0.595. The summed E-state index contributed by atoms with van der Waals surface area (Å²) in [6.07, 6.45) is 0. The van der Waals surface area contributed by atoms with Crippen molar-refractivity contribution in [2.24, 2.45) is 0 Å². The van der Waals surface area contributed by atoms with Gasteiger partial charge < -0.3 is 5.11 Å². The molecule has 0 radical (unpaired) electrons. The molecule has 0 fully saturated rings. The SMILES string of the molecule is CC(C(=O)O)c1cc(Cl)ccc1SCc1ccccc1. The Balaban J connectivity index is 2.21. The summed E-state index contributed by atoms with van der Waals surface area (Å²) in [5.41, 5.74) is 1.98. The molecule has 0 heterocycles. The molecule has 4 heteroatoms. The summed E-state index contributed by atoms with van der Waals surface area (Å²) in [4.78, 5) is 12.2. The molecule has 0 saturated heterocycles. The van der Waals surface area contributed by atoms with Gasteiger partial charge in [0.1, 0.15) is 0 Å². The van der Waals surface area contributed by atoms with Gasteiger partial charge >= 0.3 is 5.97 Å². The van der Waals surface area contributed by atoms with E-state index in [-0.39, 0.29) is 0 Å². The molecule has 2 aromatic rings. The van der Waals surface area contributed by atoms with E-state index in [4.69, 9.17) is 11.6 Å². The van der Waals surface area contributed by atoms with Crippen molar-refractivity contribution in [2.45, 2.75) is 23.5 Å². The molecule has 1 atom stereocenters. The summed E-state index contributed by atoms with van der Waals surface area (Å²) in [5, 5.41) is 9.75. The normalized spacial score (nSPS) is 12.1. The van der Waals surface area contributed by atoms with Gasteiger partial charge in [-0.05, 0) is 36.2 Å². The van der Waals surface area contributed by atoms with Crippen LogP contribution in [0.2, 0.25) is 5.02 Å². The third-order valence-electron chi connectivity index (χ3n) is 3.05. The molecule has 1 N–H and O–H groups in total. The van der Waals surface area contributed by atoms with Gasteiger partial charge in [0.2, 0.25) is 0 Å². The van der Waals surface area contributed by atoms with Crippen LogP contribution in [0, 0.1) is 0 Å². The van der Waals surface area contributed by atoms with Gasteiger partial charge in [-0.2, -0.15) is 0 Å². The minimum Gasteiger partial charge on any atom is -0.481 e. The average molecular weight is 307 g/mol. The second-order valence-electron chi connectivity index (χ2n) is 4.52. The van der Waals surface area contributed by atoms with E-state index >= 15 is 0 Å². The number of carboxylic acids is 1. The van der Waals surface area contributed by atoms with Crippen LogP contribution in [0.25, 0.3) is 0 Å². The van der Waals surface area contributed by atoms with E-state index in [0.717, 1.165) is 16.2 Å². The van der Waals surface area contributed by atoms with Crippen LogP contribution in [0.3, 0.4) is 0 Å². The zero-order valence-corrected chi connectivity index (χ0v) is 12.6. The maximum absolute atomic E-state index is 11.2. The quantitative estimate of drug-likeness (QED) is 0.805. The highest BCUT2D eigenvalue weighted by molar-refractivity contribution is 7.98. The number of rotatable bonds is 5. The highest BCUT2D eigenvalue weighted by Gasteiger charge is 2.18. The van der Waals surface area contributed by atoms with Crippen LogP contribution in [0.15, 0.2) is 53.4 Å². The number of hydrogen-bond donors (Lipinski definition) is 1. The topological polar surface area (TPSA) is 37.3 Å². The van der Waals surface area contributed by atoms with Gasteiger partial charge in [0.05, 0.1) is 5.92 Å². The van der Waals surface area contributed by atoms with Gasteiger partial charge in [-0.25, -0.2) is 0 Å². The van der Waals surface area contributed by atoms with Gasteiger partial charge in [-0.1, -0.05) is 41.9 Å². The molecule has 0 spiro atoms. The van der Waals surface area contributed by atoms with Crippen molar-refractivity contribution < 1.29 is 9.90 Å². The molecule has 1 unspecified atom stereocenters. The van der Waals surface area contributed by atoms with Crippen molar-refractivity contribution in [1.29, 1.82) is 0 Å². The third kappa shape index (κ3) is 3.78. The Labute approximate surface area is 127 Å². The van der Waals surface area contributed by atoms with Gasteiger partial charge in [-0.3, -0.25) is 4.79 Å². The Morgan fingerprint density at radius 1 is 1.25 bits per heavy atom. The Morgan fingerprint density at radius 3 is 2.60 bits per heavy atom. The lowest BCUT2D eigenvalue weighted by Gasteiger charge is -2.13. The molecule has 0 bridgehead atoms. The van der Waals surface area contributed by atoms with Crippen LogP contribution in [-0.2, 0) is 10.5 Å². The van der Waals surface area contributed by atoms with Crippen molar-refractivity contribution >= 4 is 29.3 Å².